The summed E-state index contributed by atoms with van der Waals surface area (Å²) in [7, 11) is 1.85. The number of fused-ring (bicyclic) bond motifs is 3. The maximum atomic E-state index is 14.0. The van der Waals surface area contributed by atoms with Gasteiger partial charge < -0.3 is 15.0 Å². The predicted molar refractivity (Wildman–Crippen MR) is 120 cm³/mol. The summed E-state index contributed by atoms with van der Waals surface area (Å²) in [5.74, 6) is 0.442. The second-order valence-corrected chi connectivity index (χ2v) is 8.12. The number of nitrogens with one attached hydrogen (secondary N) is 1. The van der Waals surface area contributed by atoms with Crippen molar-refractivity contribution in [1.82, 2.24) is 20.0 Å². The molecule has 2 aliphatic heterocycles. The second-order valence-electron chi connectivity index (χ2n) is 8.12. The highest BCUT2D eigenvalue weighted by atomic mass is 19.1. The number of carbonyl (C=O) groups excluding carboxylic acids is 1. The van der Waals surface area contributed by atoms with E-state index >= 15 is 0 Å². The van der Waals surface area contributed by atoms with Gasteiger partial charge in [0.1, 0.15) is 18.2 Å². The van der Waals surface area contributed by atoms with E-state index in [2.05, 4.69) is 20.2 Å². The van der Waals surface area contributed by atoms with E-state index < -0.39 is 0 Å². The molecular formula is C24H26FN5O2. The molecule has 1 amide bonds. The lowest BCUT2D eigenvalue weighted by molar-refractivity contribution is 0.0939. The van der Waals surface area contributed by atoms with Crippen molar-refractivity contribution in [2.24, 2.45) is 7.05 Å². The van der Waals surface area contributed by atoms with Gasteiger partial charge in [0.15, 0.2) is 5.69 Å². The molecule has 3 heterocycles. The molecule has 2 aromatic carbocycles. The SMILES string of the molecule is Cn1nc(C(=O)NCCN2CCN(c3ccccc3F)CC2)c2c1-c1ccccc1OC2. The first kappa shape index (κ1) is 20.5. The van der Waals surface area contributed by atoms with Crippen LogP contribution < -0.4 is 15.0 Å². The normalized spacial score (nSPS) is 15.6. The van der Waals surface area contributed by atoms with Gasteiger partial charge in [0.25, 0.3) is 5.91 Å². The zero-order valence-electron chi connectivity index (χ0n) is 18.1. The van der Waals surface area contributed by atoms with Crippen LogP contribution in [-0.2, 0) is 13.7 Å². The fraction of sp³-hybridized carbons (Fsp3) is 0.333. The van der Waals surface area contributed by atoms with Gasteiger partial charge in [-0.1, -0.05) is 24.3 Å². The molecule has 0 atom stereocenters. The average Bonchev–Trinajstić information content (AvgIpc) is 3.17. The largest absolute Gasteiger partial charge is 0.488 e. The van der Waals surface area contributed by atoms with Crippen LogP contribution in [0.2, 0.25) is 0 Å². The van der Waals surface area contributed by atoms with Crippen molar-refractivity contribution in [1.29, 1.82) is 0 Å². The van der Waals surface area contributed by atoms with Crippen molar-refractivity contribution in [2.75, 3.05) is 44.2 Å². The molecule has 0 radical (unpaired) electrons. The monoisotopic (exact) mass is 435 g/mol. The van der Waals surface area contributed by atoms with Gasteiger partial charge in [0.2, 0.25) is 0 Å². The number of amides is 1. The maximum absolute atomic E-state index is 14.0. The fourth-order valence-electron chi connectivity index (χ4n) is 4.49. The quantitative estimate of drug-likeness (QED) is 0.668. The first-order chi connectivity index (χ1) is 15.6. The number of carbonyl (C=O) groups is 1. The van der Waals surface area contributed by atoms with E-state index in [9.17, 15) is 9.18 Å². The topological polar surface area (TPSA) is 62.6 Å². The number of ether oxygens (including phenoxy) is 1. The lowest BCUT2D eigenvalue weighted by atomic mass is 10.0. The minimum atomic E-state index is -0.185. The number of piperazine rings is 1. The Balaban J connectivity index is 1.17. The molecule has 1 saturated heterocycles. The summed E-state index contributed by atoms with van der Waals surface area (Å²) in [6.07, 6.45) is 0. The Morgan fingerprint density at radius 1 is 1.09 bits per heavy atom. The number of nitrogens with zero attached hydrogens (tertiary/aromatic N) is 4. The Kier molecular flexibility index (Phi) is 5.53. The Labute approximate surface area is 186 Å². The van der Waals surface area contributed by atoms with Crippen molar-refractivity contribution in [2.45, 2.75) is 6.61 Å². The van der Waals surface area contributed by atoms with E-state index in [-0.39, 0.29) is 11.7 Å². The predicted octanol–water partition coefficient (Wildman–Crippen LogP) is 2.67. The van der Waals surface area contributed by atoms with Crippen LogP contribution in [-0.4, -0.2) is 59.9 Å². The number of para-hydroxylation sites is 2. The number of aromatic nitrogens is 2. The summed E-state index contributed by atoms with van der Waals surface area (Å²) in [5, 5.41) is 7.48. The van der Waals surface area contributed by atoms with Crippen molar-refractivity contribution >= 4 is 11.6 Å². The van der Waals surface area contributed by atoms with Gasteiger partial charge in [0.05, 0.1) is 11.4 Å². The Morgan fingerprint density at radius 3 is 2.66 bits per heavy atom. The molecule has 0 unspecified atom stereocenters. The number of hydrogen-bond donors (Lipinski definition) is 1. The molecule has 1 N–H and O–H groups in total. The van der Waals surface area contributed by atoms with Gasteiger partial charge in [-0.2, -0.15) is 5.10 Å². The number of halogens is 1. The minimum Gasteiger partial charge on any atom is -0.488 e. The minimum absolute atomic E-state index is 0.182. The van der Waals surface area contributed by atoms with E-state index in [0.717, 1.165) is 55.3 Å². The summed E-state index contributed by atoms with van der Waals surface area (Å²) >= 11 is 0. The molecule has 32 heavy (non-hydrogen) atoms. The number of benzene rings is 2. The Hall–Kier alpha value is -3.39. The highest BCUT2D eigenvalue weighted by molar-refractivity contribution is 5.96. The van der Waals surface area contributed by atoms with Gasteiger partial charge in [-0.25, -0.2) is 4.39 Å². The molecule has 0 aliphatic carbocycles. The standard InChI is InChI=1S/C24H26FN5O2/c1-28-23-17-6-2-5-9-21(17)32-16-18(23)22(27-28)24(31)26-10-11-29-12-14-30(15-13-29)20-8-4-3-7-19(20)25/h2-9H,10-16H2,1H3,(H,26,31). The number of hydrogen-bond acceptors (Lipinski definition) is 5. The molecular weight excluding hydrogens is 409 g/mol. The van der Waals surface area contributed by atoms with E-state index in [4.69, 9.17) is 4.74 Å². The first-order valence-corrected chi connectivity index (χ1v) is 10.9. The number of rotatable bonds is 5. The zero-order chi connectivity index (χ0) is 22.1. The number of anilines is 1. The van der Waals surface area contributed by atoms with Gasteiger partial charge in [0, 0.05) is 57.4 Å². The van der Waals surface area contributed by atoms with E-state index in [1.165, 1.54) is 6.07 Å². The molecule has 1 fully saturated rings. The van der Waals surface area contributed by atoms with Crippen LogP contribution in [0.4, 0.5) is 10.1 Å². The summed E-state index contributed by atoms with van der Waals surface area (Å²) < 4.78 is 21.6. The van der Waals surface area contributed by atoms with Crippen molar-refractivity contribution < 1.29 is 13.9 Å². The van der Waals surface area contributed by atoms with Crippen LogP contribution in [0.5, 0.6) is 5.75 Å². The van der Waals surface area contributed by atoms with Gasteiger partial charge in [-0.3, -0.25) is 14.4 Å². The van der Waals surface area contributed by atoms with E-state index in [1.807, 2.05) is 43.4 Å². The van der Waals surface area contributed by atoms with Gasteiger partial charge in [-0.15, -0.1) is 0 Å². The average molecular weight is 436 g/mol. The van der Waals surface area contributed by atoms with Crippen LogP contribution in [0.25, 0.3) is 11.3 Å². The van der Waals surface area contributed by atoms with Crippen molar-refractivity contribution in [3.05, 3.63) is 65.6 Å². The highest BCUT2D eigenvalue weighted by Crippen LogP contribution is 2.38. The Morgan fingerprint density at radius 2 is 1.84 bits per heavy atom. The molecule has 3 aromatic rings. The molecule has 1 aromatic heterocycles. The lowest BCUT2D eigenvalue weighted by Crippen LogP contribution is -2.48. The molecule has 0 spiro atoms. The van der Waals surface area contributed by atoms with Crippen molar-refractivity contribution in [3.63, 3.8) is 0 Å². The van der Waals surface area contributed by atoms with Crippen LogP contribution in [0.3, 0.4) is 0 Å². The summed E-state index contributed by atoms with van der Waals surface area (Å²) in [5.41, 5.74) is 3.78. The molecule has 166 valence electrons. The first-order valence-electron chi connectivity index (χ1n) is 10.9. The molecule has 2 aliphatic rings. The van der Waals surface area contributed by atoms with Crippen LogP contribution in [0.1, 0.15) is 16.1 Å². The van der Waals surface area contributed by atoms with E-state index in [0.29, 0.717) is 24.5 Å². The summed E-state index contributed by atoms with van der Waals surface area (Å²) in [4.78, 5) is 17.2. The van der Waals surface area contributed by atoms with Gasteiger partial charge in [-0.05, 0) is 24.3 Å². The third kappa shape index (κ3) is 3.82. The van der Waals surface area contributed by atoms with Crippen molar-refractivity contribution in [3.8, 4) is 17.0 Å². The molecule has 0 bridgehead atoms. The third-order valence-electron chi connectivity index (χ3n) is 6.15. The molecule has 7 nitrogen and oxygen atoms in total. The summed E-state index contributed by atoms with van der Waals surface area (Å²) in [6, 6.07) is 14.7. The lowest BCUT2D eigenvalue weighted by Gasteiger charge is -2.36. The fourth-order valence-corrected chi connectivity index (χ4v) is 4.49. The second kappa shape index (κ2) is 8.63. The van der Waals surface area contributed by atoms with Crippen LogP contribution in [0, 0.1) is 5.82 Å². The smallest absolute Gasteiger partial charge is 0.272 e. The van der Waals surface area contributed by atoms with Crippen LogP contribution >= 0.6 is 0 Å². The van der Waals surface area contributed by atoms with Gasteiger partial charge >= 0.3 is 0 Å². The molecule has 5 rings (SSSR count). The highest BCUT2D eigenvalue weighted by Gasteiger charge is 2.28. The molecule has 0 saturated carbocycles. The molecule has 8 heteroatoms. The Bertz CT molecular complexity index is 1140. The third-order valence-corrected chi connectivity index (χ3v) is 6.15. The van der Waals surface area contributed by atoms with Crippen LogP contribution in [0.15, 0.2) is 48.5 Å². The van der Waals surface area contributed by atoms with E-state index in [1.54, 1.807) is 10.7 Å². The number of aryl methyl sites for hydroxylation is 1. The zero-order valence-corrected chi connectivity index (χ0v) is 18.1. The maximum Gasteiger partial charge on any atom is 0.272 e. The summed E-state index contributed by atoms with van der Waals surface area (Å²) in [6.45, 7) is 4.79.